The van der Waals surface area contributed by atoms with Crippen LogP contribution in [0.1, 0.15) is 23.0 Å². The normalized spacial score (nSPS) is 10.9. The number of nitrogens with one attached hydrogen (secondary N) is 1. The maximum absolute atomic E-state index is 13.9. The quantitative estimate of drug-likeness (QED) is 0.476. The van der Waals surface area contributed by atoms with Crippen molar-refractivity contribution >= 4 is 40.6 Å². The third kappa shape index (κ3) is 3.82. The molecule has 28 heavy (non-hydrogen) atoms. The Balaban J connectivity index is 1.86. The van der Waals surface area contributed by atoms with E-state index in [1.807, 2.05) is 0 Å². The van der Waals surface area contributed by atoms with Crippen LogP contribution >= 0.6 is 23.2 Å². The monoisotopic (exact) mass is 426 g/mol. The molecule has 146 valence electrons. The van der Waals surface area contributed by atoms with Crippen molar-refractivity contribution < 1.29 is 14.1 Å². The first-order chi connectivity index (χ1) is 13.3. The minimum atomic E-state index is -0.790. The first-order valence-corrected chi connectivity index (χ1v) is 8.74. The Morgan fingerprint density at radius 3 is 2.75 bits per heavy atom. The summed E-state index contributed by atoms with van der Waals surface area (Å²) in [5.41, 5.74) is -0.454. The van der Waals surface area contributed by atoms with E-state index < -0.39 is 22.3 Å². The topological polar surface area (TPSA) is 108 Å². The molecule has 0 unspecified atom stereocenters. The molecule has 1 amide bonds. The number of carbonyl (C=O) groups excluding carboxylic acids is 1. The van der Waals surface area contributed by atoms with Crippen molar-refractivity contribution in [3.8, 4) is 0 Å². The molecule has 0 fully saturated rings. The molecule has 2 heterocycles. The van der Waals surface area contributed by atoms with Gasteiger partial charge in [-0.05, 0) is 19.1 Å². The van der Waals surface area contributed by atoms with Crippen LogP contribution in [-0.4, -0.2) is 30.4 Å². The number of nitrogens with zero attached hydrogens (tertiary/aromatic N) is 5. The number of anilines is 1. The predicted octanol–water partition coefficient (Wildman–Crippen LogP) is 3.75. The fourth-order valence-electron chi connectivity index (χ4n) is 2.56. The zero-order chi connectivity index (χ0) is 20.4. The van der Waals surface area contributed by atoms with Gasteiger partial charge in [-0.15, -0.1) is 0 Å². The molecule has 0 aliphatic rings. The molecule has 1 N–H and O–H groups in total. The van der Waals surface area contributed by atoms with Crippen LogP contribution in [0, 0.1) is 15.9 Å². The van der Waals surface area contributed by atoms with Crippen LogP contribution in [0.4, 0.5) is 15.9 Å². The minimum Gasteiger partial charge on any atom is -0.302 e. The second-order valence-electron chi connectivity index (χ2n) is 5.63. The maximum atomic E-state index is 13.9. The summed E-state index contributed by atoms with van der Waals surface area (Å²) in [6.07, 6.45) is 2.38. The van der Waals surface area contributed by atoms with E-state index in [1.54, 1.807) is 13.0 Å². The Hall–Kier alpha value is -2.98. The largest absolute Gasteiger partial charge is 0.320 e. The van der Waals surface area contributed by atoms with Gasteiger partial charge in [0.05, 0.1) is 11.5 Å². The Kier molecular flexibility index (Phi) is 5.61. The number of aromatic nitrogens is 4. The van der Waals surface area contributed by atoms with Crippen molar-refractivity contribution in [3.63, 3.8) is 0 Å². The van der Waals surface area contributed by atoms with Gasteiger partial charge in [0.1, 0.15) is 17.0 Å². The van der Waals surface area contributed by atoms with Crippen LogP contribution in [0.15, 0.2) is 30.6 Å². The molecule has 3 rings (SSSR count). The number of amides is 1. The smallest absolute Gasteiger partial charge is 0.302 e. The molecule has 0 atom stereocenters. The molecule has 0 saturated heterocycles. The van der Waals surface area contributed by atoms with Gasteiger partial charge in [0, 0.05) is 23.3 Å². The second-order valence-corrected chi connectivity index (χ2v) is 6.44. The van der Waals surface area contributed by atoms with E-state index in [-0.39, 0.29) is 40.2 Å². The summed E-state index contributed by atoms with van der Waals surface area (Å²) in [6, 6.07) is 4.28. The lowest BCUT2D eigenvalue weighted by atomic mass is 10.2. The molecule has 0 radical (unpaired) electrons. The first-order valence-electron chi connectivity index (χ1n) is 7.99. The molecule has 12 heteroatoms. The fourth-order valence-corrected chi connectivity index (χ4v) is 2.98. The molecular formula is C16H13Cl2FN6O3. The van der Waals surface area contributed by atoms with Crippen molar-refractivity contribution in [1.29, 1.82) is 0 Å². The highest BCUT2D eigenvalue weighted by molar-refractivity contribution is 6.33. The van der Waals surface area contributed by atoms with E-state index in [0.717, 1.165) is 6.20 Å². The van der Waals surface area contributed by atoms with E-state index in [1.165, 1.54) is 27.7 Å². The van der Waals surface area contributed by atoms with E-state index in [4.69, 9.17) is 23.2 Å². The Morgan fingerprint density at radius 2 is 2.11 bits per heavy atom. The van der Waals surface area contributed by atoms with Crippen molar-refractivity contribution in [2.45, 2.75) is 20.0 Å². The third-order valence-corrected chi connectivity index (χ3v) is 4.49. The maximum Gasteiger partial charge on any atom is 0.320 e. The molecule has 0 aliphatic carbocycles. The Bertz CT molecular complexity index is 1040. The number of hydrogen-bond donors (Lipinski definition) is 1. The zero-order valence-corrected chi connectivity index (χ0v) is 15.9. The molecule has 3 aromatic rings. The van der Waals surface area contributed by atoms with Crippen LogP contribution in [0.2, 0.25) is 10.0 Å². The van der Waals surface area contributed by atoms with E-state index in [0.29, 0.717) is 0 Å². The first kappa shape index (κ1) is 19.8. The fraction of sp³-hybridized carbons (Fsp3) is 0.188. The average molecular weight is 427 g/mol. The van der Waals surface area contributed by atoms with Gasteiger partial charge in [0.15, 0.2) is 5.82 Å². The molecule has 0 spiro atoms. The SMILES string of the molecule is CCn1ncc([N+](=O)[O-])c1C(=O)Nc1nn(Cc2c(F)cccc2Cl)cc1Cl. The minimum absolute atomic E-state index is 0.0197. The number of hydrogen-bond acceptors (Lipinski definition) is 5. The van der Waals surface area contributed by atoms with Gasteiger partial charge in [-0.3, -0.25) is 24.3 Å². The van der Waals surface area contributed by atoms with Gasteiger partial charge >= 0.3 is 5.69 Å². The molecular weight excluding hydrogens is 414 g/mol. The van der Waals surface area contributed by atoms with Crippen LogP contribution < -0.4 is 5.32 Å². The number of carbonyl (C=O) groups is 1. The Labute approximate surface area is 167 Å². The summed E-state index contributed by atoms with van der Waals surface area (Å²) in [6.45, 7) is 1.92. The zero-order valence-electron chi connectivity index (χ0n) is 14.4. The number of nitro groups is 1. The summed E-state index contributed by atoms with van der Waals surface area (Å²) < 4.78 is 16.4. The van der Waals surface area contributed by atoms with Gasteiger partial charge < -0.3 is 5.32 Å². The van der Waals surface area contributed by atoms with Gasteiger partial charge in [-0.1, -0.05) is 29.3 Å². The van der Waals surface area contributed by atoms with E-state index in [2.05, 4.69) is 15.5 Å². The van der Waals surface area contributed by atoms with Gasteiger partial charge in [-0.25, -0.2) is 4.39 Å². The summed E-state index contributed by atoms with van der Waals surface area (Å²) in [5, 5.41) is 21.8. The molecule has 0 bridgehead atoms. The van der Waals surface area contributed by atoms with Crippen molar-refractivity contribution in [2.75, 3.05) is 5.32 Å². The van der Waals surface area contributed by atoms with E-state index in [9.17, 15) is 19.3 Å². The Morgan fingerprint density at radius 1 is 1.36 bits per heavy atom. The van der Waals surface area contributed by atoms with Crippen LogP contribution in [-0.2, 0) is 13.1 Å². The molecule has 0 saturated carbocycles. The number of aryl methyl sites for hydroxylation is 1. The average Bonchev–Trinajstić information content (AvgIpc) is 3.22. The third-order valence-electron chi connectivity index (χ3n) is 3.86. The second kappa shape index (κ2) is 7.95. The van der Waals surface area contributed by atoms with Gasteiger partial charge in [0.2, 0.25) is 5.69 Å². The number of benzene rings is 1. The highest BCUT2D eigenvalue weighted by Crippen LogP contribution is 2.25. The molecule has 1 aromatic carbocycles. The summed E-state index contributed by atoms with van der Waals surface area (Å²) in [5.74, 6) is -1.33. The lowest BCUT2D eigenvalue weighted by Crippen LogP contribution is -2.19. The van der Waals surface area contributed by atoms with Crippen molar-refractivity contribution in [1.82, 2.24) is 19.6 Å². The highest BCUT2D eigenvalue weighted by atomic mass is 35.5. The number of halogens is 3. The lowest BCUT2D eigenvalue weighted by molar-refractivity contribution is -0.385. The van der Waals surface area contributed by atoms with Crippen LogP contribution in [0.5, 0.6) is 0 Å². The summed E-state index contributed by atoms with van der Waals surface area (Å²) in [4.78, 5) is 23.0. The molecule has 9 nitrogen and oxygen atoms in total. The highest BCUT2D eigenvalue weighted by Gasteiger charge is 2.27. The lowest BCUT2D eigenvalue weighted by Gasteiger charge is -2.06. The summed E-state index contributed by atoms with van der Waals surface area (Å²) in [7, 11) is 0. The van der Waals surface area contributed by atoms with Crippen LogP contribution in [0.3, 0.4) is 0 Å². The molecule has 0 aliphatic heterocycles. The van der Waals surface area contributed by atoms with Crippen LogP contribution in [0.25, 0.3) is 0 Å². The summed E-state index contributed by atoms with van der Waals surface area (Å²) >= 11 is 12.1. The standard InChI is InChI=1S/C16H13Cl2FN6O3/c1-2-24-14(13(6-20-24)25(27)28)16(26)21-15-11(18)8-23(22-15)7-9-10(17)4-3-5-12(9)19/h3-6,8H,2,7H2,1H3,(H,21,22,26). The number of rotatable bonds is 6. The van der Waals surface area contributed by atoms with Gasteiger partial charge in [-0.2, -0.15) is 10.2 Å². The molecule has 2 aromatic heterocycles. The van der Waals surface area contributed by atoms with Crippen molar-refractivity contribution in [3.05, 3.63) is 67.8 Å². The van der Waals surface area contributed by atoms with Crippen molar-refractivity contribution in [2.24, 2.45) is 0 Å². The van der Waals surface area contributed by atoms with E-state index >= 15 is 0 Å². The van der Waals surface area contributed by atoms with Gasteiger partial charge in [0.25, 0.3) is 5.91 Å². The predicted molar refractivity (Wildman–Crippen MR) is 100 cm³/mol.